The van der Waals surface area contributed by atoms with Crippen LogP contribution in [0.4, 0.5) is 0 Å². The highest BCUT2D eigenvalue weighted by atomic mass is 16.6. The molecule has 402 valence electrons. The van der Waals surface area contributed by atoms with Crippen LogP contribution in [0.2, 0.25) is 0 Å². The van der Waals surface area contributed by atoms with E-state index in [0.717, 1.165) is 89.9 Å². The van der Waals surface area contributed by atoms with Gasteiger partial charge in [-0.1, -0.05) is 260 Å². The molecule has 0 N–H and O–H groups in total. The molecule has 1 unspecified atom stereocenters. The highest BCUT2D eigenvalue weighted by Crippen LogP contribution is 2.16. The fourth-order valence-electron chi connectivity index (χ4n) is 8.22. The van der Waals surface area contributed by atoms with Gasteiger partial charge in [0.1, 0.15) is 13.2 Å². The zero-order valence-electron chi connectivity index (χ0n) is 46.0. The van der Waals surface area contributed by atoms with E-state index in [1.807, 2.05) is 0 Å². The summed E-state index contributed by atoms with van der Waals surface area (Å²) in [6.07, 6.45) is 75.8. The molecule has 0 amide bonds. The van der Waals surface area contributed by atoms with Crippen molar-refractivity contribution in [2.75, 3.05) is 13.2 Å². The van der Waals surface area contributed by atoms with Crippen molar-refractivity contribution in [3.05, 3.63) is 85.1 Å². The number of hydrogen-bond acceptors (Lipinski definition) is 6. The molecule has 0 aliphatic carbocycles. The van der Waals surface area contributed by atoms with Gasteiger partial charge in [-0.2, -0.15) is 0 Å². The van der Waals surface area contributed by atoms with Crippen molar-refractivity contribution in [3.63, 3.8) is 0 Å². The molecule has 0 aliphatic heterocycles. The summed E-state index contributed by atoms with van der Waals surface area (Å²) in [5, 5.41) is 0. The number of esters is 3. The molecule has 70 heavy (non-hydrogen) atoms. The van der Waals surface area contributed by atoms with Crippen LogP contribution < -0.4 is 0 Å². The summed E-state index contributed by atoms with van der Waals surface area (Å²) in [6.45, 7) is 6.48. The van der Waals surface area contributed by atoms with E-state index in [0.29, 0.717) is 19.3 Å². The largest absolute Gasteiger partial charge is 0.462 e. The molecule has 0 heterocycles. The Morgan fingerprint density at radius 2 is 0.571 bits per heavy atom. The lowest BCUT2D eigenvalue weighted by Gasteiger charge is -2.18. The Hall–Kier alpha value is -3.41. The minimum atomic E-state index is -0.809. The Morgan fingerprint density at radius 1 is 0.300 bits per heavy atom. The molecule has 6 nitrogen and oxygen atoms in total. The first-order chi connectivity index (χ1) is 34.5. The van der Waals surface area contributed by atoms with E-state index in [9.17, 15) is 14.4 Å². The number of rotatable bonds is 53. The van der Waals surface area contributed by atoms with E-state index >= 15 is 0 Å². The van der Waals surface area contributed by atoms with E-state index in [1.165, 1.54) is 148 Å². The van der Waals surface area contributed by atoms with Crippen molar-refractivity contribution in [1.82, 2.24) is 0 Å². The van der Waals surface area contributed by atoms with E-state index in [-0.39, 0.29) is 37.5 Å². The Balaban J connectivity index is 4.46. The van der Waals surface area contributed by atoms with E-state index in [4.69, 9.17) is 14.2 Å². The van der Waals surface area contributed by atoms with Crippen LogP contribution in [0.25, 0.3) is 0 Å². The standard InChI is InChI=1S/C64H110O6/c1-4-7-10-13-16-19-22-25-28-31-34-36-39-42-45-48-51-54-57-63(66)69-60-61(70-64(67)58-55-52-49-46-43-40-37-33-30-27-24-21-18-15-12-9-6-3)59-68-62(65)56-53-50-47-44-41-38-35-32-29-26-23-20-17-14-11-8-5-2/h9,12,18-19,21-22,27-28,30-31,37,40,46,49,61H,4-8,10-11,13-17,20,23-26,29,32-36,38-39,41-45,47-48,50-60H2,1-3H3/b12-9-,21-18-,22-19-,30-27-,31-28-,40-37-,49-46-. The second-order valence-corrected chi connectivity index (χ2v) is 19.5. The predicted molar refractivity (Wildman–Crippen MR) is 302 cm³/mol. The lowest BCUT2D eigenvalue weighted by Crippen LogP contribution is -2.30. The normalized spacial score (nSPS) is 12.7. The first-order valence-corrected chi connectivity index (χ1v) is 29.6. The maximum absolute atomic E-state index is 12.8. The number of hydrogen-bond donors (Lipinski definition) is 0. The first kappa shape index (κ1) is 66.6. The average Bonchev–Trinajstić information content (AvgIpc) is 3.36. The summed E-state index contributed by atoms with van der Waals surface area (Å²) in [5.74, 6) is -0.957. The summed E-state index contributed by atoms with van der Waals surface area (Å²) in [6, 6.07) is 0. The zero-order chi connectivity index (χ0) is 50.7. The van der Waals surface area contributed by atoms with Gasteiger partial charge < -0.3 is 14.2 Å². The first-order valence-electron chi connectivity index (χ1n) is 29.6. The third-order valence-electron chi connectivity index (χ3n) is 12.6. The maximum Gasteiger partial charge on any atom is 0.306 e. The maximum atomic E-state index is 12.8. The van der Waals surface area contributed by atoms with Crippen molar-refractivity contribution >= 4 is 17.9 Å². The molecular formula is C64H110O6. The molecule has 0 aromatic rings. The van der Waals surface area contributed by atoms with Crippen LogP contribution >= 0.6 is 0 Å². The van der Waals surface area contributed by atoms with Gasteiger partial charge in [0.2, 0.25) is 0 Å². The van der Waals surface area contributed by atoms with Crippen LogP contribution in [0.1, 0.15) is 284 Å². The van der Waals surface area contributed by atoms with Gasteiger partial charge in [-0.15, -0.1) is 0 Å². The minimum Gasteiger partial charge on any atom is -0.462 e. The summed E-state index contributed by atoms with van der Waals surface area (Å²) in [5.41, 5.74) is 0. The molecule has 0 aliphatic rings. The average molecular weight is 976 g/mol. The van der Waals surface area contributed by atoms with Crippen LogP contribution in [-0.4, -0.2) is 37.2 Å². The highest BCUT2D eigenvalue weighted by molar-refractivity contribution is 5.71. The predicted octanol–water partition coefficient (Wildman–Crippen LogP) is 19.9. The van der Waals surface area contributed by atoms with Gasteiger partial charge in [-0.25, -0.2) is 0 Å². The molecule has 0 fully saturated rings. The smallest absolute Gasteiger partial charge is 0.306 e. The molecule has 0 aromatic heterocycles. The SMILES string of the molecule is CC/C=C\C/C=C\C/C=C\C/C=C\C/C=C\CCCC(=O)OC(COC(=O)CCCCCCCCC/C=C\C/C=C\CCCCCC)COC(=O)CCCCCCCCCCCCCCCCCCC. The Bertz CT molecular complexity index is 1350. The van der Waals surface area contributed by atoms with Crippen molar-refractivity contribution in [2.24, 2.45) is 0 Å². The molecule has 6 heteroatoms. The number of allylic oxidation sites excluding steroid dienone is 14. The zero-order valence-corrected chi connectivity index (χ0v) is 46.0. The monoisotopic (exact) mass is 975 g/mol. The van der Waals surface area contributed by atoms with E-state index in [1.54, 1.807) is 0 Å². The molecule has 0 saturated heterocycles. The van der Waals surface area contributed by atoms with Gasteiger partial charge in [-0.05, 0) is 89.9 Å². The van der Waals surface area contributed by atoms with Gasteiger partial charge in [0.05, 0.1) is 0 Å². The van der Waals surface area contributed by atoms with Crippen molar-refractivity contribution in [3.8, 4) is 0 Å². The number of ether oxygens (including phenoxy) is 3. The van der Waals surface area contributed by atoms with E-state index in [2.05, 4.69) is 106 Å². The second-order valence-electron chi connectivity index (χ2n) is 19.5. The fourth-order valence-corrected chi connectivity index (χ4v) is 8.22. The Kier molecular flexibility index (Phi) is 55.3. The van der Waals surface area contributed by atoms with E-state index < -0.39 is 6.10 Å². The summed E-state index contributed by atoms with van der Waals surface area (Å²) >= 11 is 0. The molecule has 0 saturated carbocycles. The molecule has 0 spiro atoms. The third kappa shape index (κ3) is 55.5. The highest BCUT2D eigenvalue weighted by Gasteiger charge is 2.19. The lowest BCUT2D eigenvalue weighted by molar-refractivity contribution is -0.167. The number of carbonyl (C=O) groups is 3. The summed E-state index contributed by atoms with van der Waals surface area (Å²) < 4.78 is 16.8. The quantitative estimate of drug-likeness (QED) is 0.0261. The molecule has 0 radical (unpaired) electrons. The number of carbonyl (C=O) groups excluding carboxylic acids is 3. The number of unbranched alkanes of at least 4 members (excludes halogenated alkanes) is 28. The third-order valence-corrected chi connectivity index (χ3v) is 12.6. The van der Waals surface area contributed by atoms with Gasteiger partial charge in [0.15, 0.2) is 6.10 Å². The van der Waals surface area contributed by atoms with Crippen LogP contribution in [0.15, 0.2) is 85.1 Å². The molecule has 0 rings (SSSR count). The Morgan fingerprint density at radius 3 is 0.929 bits per heavy atom. The molecular weight excluding hydrogens is 865 g/mol. The minimum absolute atomic E-state index is 0.0996. The van der Waals surface area contributed by atoms with Gasteiger partial charge in [0.25, 0.3) is 0 Å². The van der Waals surface area contributed by atoms with Crippen LogP contribution in [-0.2, 0) is 28.6 Å². The second kappa shape index (κ2) is 58.2. The van der Waals surface area contributed by atoms with Gasteiger partial charge in [0, 0.05) is 19.3 Å². The van der Waals surface area contributed by atoms with Crippen molar-refractivity contribution < 1.29 is 28.6 Å². The fraction of sp³-hybridized carbons (Fsp3) is 0.734. The summed E-state index contributed by atoms with van der Waals surface area (Å²) in [4.78, 5) is 38.2. The lowest BCUT2D eigenvalue weighted by atomic mass is 10.0. The molecule has 0 aromatic carbocycles. The topological polar surface area (TPSA) is 78.9 Å². The molecule has 0 bridgehead atoms. The molecule has 1 atom stereocenters. The van der Waals surface area contributed by atoms with Crippen LogP contribution in [0.3, 0.4) is 0 Å². The van der Waals surface area contributed by atoms with Crippen molar-refractivity contribution in [1.29, 1.82) is 0 Å². The summed E-state index contributed by atoms with van der Waals surface area (Å²) in [7, 11) is 0. The van der Waals surface area contributed by atoms with Gasteiger partial charge in [-0.3, -0.25) is 14.4 Å². The van der Waals surface area contributed by atoms with Crippen molar-refractivity contribution in [2.45, 2.75) is 290 Å². The van der Waals surface area contributed by atoms with Crippen LogP contribution in [0.5, 0.6) is 0 Å². The van der Waals surface area contributed by atoms with Gasteiger partial charge >= 0.3 is 17.9 Å². The Labute approximate surface area is 433 Å². The van der Waals surface area contributed by atoms with Crippen LogP contribution in [0, 0.1) is 0 Å².